The Kier molecular flexibility index (Phi) is 2.61. The molecule has 5 aliphatic carbocycles. The van der Waals surface area contributed by atoms with Crippen LogP contribution in [-0.4, -0.2) is 23.4 Å². The van der Waals surface area contributed by atoms with Crippen LogP contribution >= 0.6 is 0 Å². The molecule has 1 aromatic carbocycles. The number of hydrogen-bond donors (Lipinski definition) is 2. The molecule has 0 amide bonds. The molecular formula is C19H24O2. The summed E-state index contributed by atoms with van der Waals surface area (Å²) in [7, 11) is 0. The average Bonchev–Trinajstić information content (AvgIpc) is 3.13. The molecule has 2 nitrogen and oxygen atoms in total. The molecule has 0 heterocycles. The van der Waals surface area contributed by atoms with Crippen molar-refractivity contribution in [1.82, 2.24) is 0 Å². The van der Waals surface area contributed by atoms with Crippen LogP contribution in [0.3, 0.4) is 0 Å². The molecule has 0 saturated heterocycles. The third-order valence-electron chi connectivity index (χ3n) is 7.57. The maximum absolute atomic E-state index is 9.89. The van der Waals surface area contributed by atoms with Gasteiger partial charge in [-0.2, -0.15) is 0 Å². The second kappa shape index (κ2) is 4.33. The predicted molar refractivity (Wildman–Crippen MR) is 80.9 cm³/mol. The number of hydrogen-bond acceptors (Lipinski definition) is 2. The fraction of sp³-hybridized carbons (Fsp3) is 0.684. The zero-order valence-electron chi connectivity index (χ0n) is 12.4. The molecule has 0 radical (unpaired) electrons. The zero-order valence-corrected chi connectivity index (χ0v) is 12.4. The molecule has 5 aliphatic rings. The summed E-state index contributed by atoms with van der Waals surface area (Å²) in [6.07, 6.45) is 3.88. The summed E-state index contributed by atoms with van der Waals surface area (Å²) in [5.41, 5.74) is 3.21. The molecule has 4 bridgehead atoms. The van der Waals surface area contributed by atoms with Gasteiger partial charge < -0.3 is 10.2 Å². The molecule has 0 spiro atoms. The average molecular weight is 284 g/mol. The normalized spacial score (nSPS) is 49.2. The monoisotopic (exact) mass is 284 g/mol. The SMILES string of the molecule is OC[C@H]1[C@H](CO)[C@@H]2CC[C@H]1[C@@H]1[C@H]2[C@@H]2C[C@H]1c1ccccc12. The van der Waals surface area contributed by atoms with Crippen LogP contribution in [0.2, 0.25) is 0 Å². The number of aliphatic hydroxyl groups is 2. The van der Waals surface area contributed by atoms with Crippen LogP contribution in [0.5, 0.6) is 0 Å². The quantitative estimate of drug-likeness (QED) is 0.876. The van der Waals surface area contributed by atoms with Crippen molar-refractivity contribution in [3.8, 4) is 0 Å². The fourth-order valence-corrected chi connectivity index (χ4v) is 7.09. The van der Waals surface area contributed by atoms with E-state index in [1.54, 1.807) is 11.1 Å². The Morgan fingerprint density at radius 3 is 1.71 bits per heavy atom. The Morgan fingerprint density at radius 2 is 1.29 bits per heavy atom. The van der Waals surface area contributed by atoms with Crippen LogP contribution in [0.4, 0.5) is 0 Å². The minimum Gasteiger partial charge on any atom is -0.396 e. The molecule has 4 saturated carbocycles. The Hall–Kier alpha value is -0.860. The van der Waals surface area contributed by atoms with E-state index in [0.717, 1.165) is 23.7 Å². The summed E-state index contributed by atoms with van der Waals surface area (Å²) in [6, 6.07) is 9.07. The molecule has 0 unspecified atom stereocenters. The first kappa shape index (κ1) is 12.7. The van der Waals surface area contributed by atoms with Crippen LogP contribution in [-0.2, 0) is 0 Å². The van der Waals surface area contributed by atoms with E-state index in [1.807, 2.05) is 0 Å². The van der Waals surface area contributed by atoms with Gasteiger partial charge in [-0.1, -0.05) is 24.3 Å². The largest absolute Gasteiger partial charge is 0.396 e. The highest BCUT2D eigenvalue weighted by Gasteiger charge is 2.63. The summed E-state index contributed by atoms with van der Waals surface area (Å²) >= 11 is 0. The van der Waals surface area contributed by atoms with Crippen LogP contribution in [0.15, 0.2) is 24.3 Å². The molecule has 2 heteroatoms. The highest BCUT2D eigenvalue weighted by molar-refractivity contribution is 5.44. The molecule has 0 aromatic heterocycles. The number of aliphatic hydroxyl groups excluding tert-OH is 2. The maximum atomic E-state index is 9.89. The van der Waals surface area contributed by atoms with Gasteiger partial charge in [0.05, 0.1) is 0 Å². The van der Waals surface area contributed by atoms with Crippen LogP contribution < -0.4 is 0 Å². The summed E-state index contributed by atoms with van der Waals surface area (Å²) < 4.78 is 0. The van der Waals surface area contributed by atoms with Gasteiger partial charge in [-0.05, 0) is 77.7 Å². The van der Waals surface area contributed by atoms with Gasteiger partial charge in [0, 0.05) is 13.2 Å². The first-order chi connectivity index (χ1) is 10.3. The Labute approximate surface area is 126 Å². The summed E-state index contributed by atoms with van der Waals surface area (Å²) in [4.78, 5) is 0. The molecule has 6 rings (SSSR count). The van der Waals surface area contributed by atoms with Gasteiger partial charge in [-0.25, -0.2) is 0 Å². The number of benzene rings is 1. The molecular weight excluding hydrogens is 260 g/mol. The molecule has 2 N–H and O–H groups in total. The smallest absolute Gasteiger partial charge is 0.0465 e. The lowest BCUT2D eigenvalue weighted by Gasteiger charge is -2.58. The van der Waals surface area contributed by atoms with Gasteiger partial charge in [0.2, 0.25) is 0 Å². The van der Waals surface area contributed by atoms with Crippen LogP contribution in [0, 0.1) is 35.5 Å². The number of fused-ring (bicyclic) bond motifs is 7. The van der Waals surface area contributed by atoms with Gasteiger partial charge in [0.1, 0.15) is 0 Å². The van der Waals surface area contributed by atoms with Gasteiger partial charge in [0.25, 0.3) is 0 Å². The molecule has 112 valence electrons. The van der Waals surface area contributed by atoms with E-state index in [4.69, 9.17) is 0 Å². The topological polar surface area (TPSA) is 40.5 Å². The highest BCUT2D eigenvalue weighted by atomic mass is 16.3. The molecule has 0 aliphatic heterocycles. The fourth-order valence-electron chi connectivity index (χ4n) is 7.09. The van der Waals surface area contributed by atoms with E-state index >= 15 is 0 Å². The van der Waals surface area contributed by atoms with E-state index in [1.165, 1.54) is 19.3 Å². The van der Waals surface area contributed by atoms with Crippen molar-refractivity contribution in [2.75, 3.05) is 13.2 Å². The van der Waals surface area contributed by atoms with Crippen LogP contribution in [0.25, 0.3) is 0 Å². The van der Waals surface area contributed by atoms with Crippen molar-refractivity contribution in [2.45, 2.75) is 31.1 Å². The standard InChI is InChI=1S/C19H24O2/c20-8-16-12-5-6-13(17(16)9-21)19-15-7-14(18(12)19)10-3-1-2-4-11(10)15/h1-4,12-21H,5-9H2/t12-,13+,14+,15-,16-,17-,18+,19-/m1/s1. The summed E-state index contributed by atoms with van der Waals surface area (Å²) in [6.45, 7) is 0.545. The molecule has 21 heavy (non-hydrogen) atoms. The van der Waals surface area contributed by atoms with Gasteiger partial charge in [-0.15, -0.1) is 0 Å². The second-order valence-electron chi connectivity index (χ2n) is 7.83. The maximum Gasteiger partial charge on any atom is 0.0465 e. The van der Waals surface area contributed by atoms with E-state index < -0.39 is 0 Å². The lowest BCUT2D eigenvalue weighted by Crippen LogP contribution is -2.54. The lowest BCUT2D eigenvalue weighted by molar-refractivity contribution is -0.107. The van der Waals surface area contributed by atoms with Crippen molar-refractivity contribution in [3.63, 3.8) is 0 Å². The Morgan fingerprint density at radius 1 is 0.810 bits per heavy atom. The summed E-state index contributed by atoms with van der Waals surface area (Å²) in [5.74, 6) is 5.02. The van der Waals surface area contributed by atoms with Crippen molar-refractivity contribution in [1.29, 1.82) is 0 Å². The second-order valence-corrected chi connectivity index (χ2v) is 7.83. The lowest BCUT2D eigenvalue weighted by atomic mass is 9.47. The first-order valence-electron chi connectivity index (χ1n) is 8.65. The van der Waals surface area contributed by atoms with Crippen LogP contribution in [0.1, 0.15) is 42.2 Å². The van der Waals surface area contributed by atoms with Gasteiger partial charge in [-0.3, -0.25) is 0 Å². The van der Waals surface area contributed by atoms with Gasteiger partial charge in [0.15, 0.2) is 0 Å². The van der Waals surface area contributed by atoms with Gasteiger partial charge >= 0.3 is 0 Å². The van der Waals surface area contributed by atoms with Crippen molar-refractivity contribution in [3.05, 3.63) is 35.4 Å². The zero-order chi connectivity index (χ0) is 14.1. The van der Waals surface area contributed by atoms with Crippen molar-refractivity contribution in [2.24, 2.45) is 35.5 Å². The minimum absolute atomic E-state index is 0.272. The minimum atomic E-state index is 0.272. The van der Waals surface area contributed by atoms with E-state index in [0.29, 0.717) is 23.7 Å². The third-order valence-corrected chi connectivity index (χ3v) is 7.57. The van der Waals surface area contributed by atoms with E-state index in [-0.39, 0.29) is 13.2 Å². The van der Waals surface area contributed by atoms with E-state index in [9.17, 15) is 10.2 Å². The number of rotatable bonds is 2. The summed E-state index contributed by atoms with van der Waals surface area (Å²) in [5, 5.41) is 19.8. The molecule has 8 atom stereocenters. The Bertz CT molecular complexity index is 519. The van der Waals surface area contributed by atoms with Crippen molar-refractivity contribution < 1.29 is 10.2 Å². The van der Waals surface area contributed by atoms with E-state index in [2.05, 4.69) is 24.3 Å². The Balaban J connectivity index is 1.61. The first-order valence-corrected chi connectivity index (χ1v) is 8.65. The highest BCUT2D eigenvalue weighted by Crippen LogP contribution is 2.71. The third kappa shape index (κ3) is 1.41. The molecule has 1 aromatic rings. The molecule has 4 fully saturated rings. The predicted octanol–water partition coefficient (Wildman–Crippen LogP) is 2.76. The van der Waals surface area contributed by atoms with Crippen molar-refractivity contribution >= 4 is 0 Å².